The van der Waals surface area contributed by atoms with Crippen LogP contribution in [0.15, 0.2) is 22.9 Å². The number of aliphatic hydroxyl groups is 1. The number of rotatable bonds is 3. The van der Waals surface area contributed by atoms with E-state index in [1.807, 2.05) is 6.07 Å². The summed E-state index contributed by atoms with van der Waals surface area (Å²) in [4.78, 5) is 4.12. The molecular weight excluding hydrogens is 280 g/mol. The van der Waals surface area contributed by atoms with Crippen molar-refractivity contribution in [1.82, 2.24) is 4.98 Å². The number of aliphatic hydroxyl groups excluding tert-OH is 1. The molecule has 2 rings (SSSR count). The standard InChI is InChI=1S/C13H19BrN2O/c14-11-6-10(7-16-8-11)12(17)13(9-15)4-2-1-3-5-13/h6-8,12,17H,1-5,9,15H2. The van der Waals surface area contributed by atoms with Gasteiger partial charge >= 0.3 is 0 Å². The van der Waals surface area contributed by atoms with Crippen molar-refractivity contribution in [3.63, 3.8) is 0 Å². The Balaban J connectivity index is 2.24. The minimum absolute atomic E-state index is 0.152. The van der Waals surface area contributed by atoms with Crippen LogP contribution in [-0.4, -0.2) is 16.6 Å². The van der Waals surface area contributed by atoms with Gasteiger partial charge in [0.15, 0.2) is 0 Å². The summed E-state index contributed by atoms with van der Waals surface area (Å²) in [5.74, 6) is 0. The topological polar surface area (TPSA) is 59.1 Å². The van der Waals surface area contributed by atoms with E-state index in [9.17, 15) is 5.11 Å². The average Bonchev–Trinajstić information content (AvgIpc) is 2.38. The molecule has 1 aromatic rings. The highest BCUT2D eigenvalue weighted by atomic mass is 79.9. The fourth-order valence-electron chi connectivity index (χ4n) is 2.78. The van der Waals surface area contributed by atoms with E-state index in [0.717, 1.165) is 35.7 Å². The van der Waals surface area contributed by atoms with Crippen molar-refractivity contribution in [2.45, 2.75) is 38.2 Å². The molecule has 0 aromatic carbocycles. The number of halogens is 1. The van der Waals surface area contributed by atoms with Gasteiger partial charge in [-0.2, -0.15) is 0 Å². The Kier molecular flexibility index (Phi) is 4.17. The van der Waals surface area contributed by atoms with Crippen LogP contribution in [-0.2, 0) is 0 Å². The van der Waals surface area contributed by atoms with Gasteiger partial charge in [-0.15, -0.1) is 0 Å². The van der Waals surface area contributed by atoms with E-state index in [-0.39, 0.29) is 5.41 Å². The van der Waals surface area contributed by atoms with Crippen LogP contribution < -0.4 is 5.73 Å². The van der Waals surface area contributed by atoms with Gasteiger partial charge in [0.05, 0.1) is 6.10 Å². The first-order valence-corrected chi connectivity index (χ1v) is 6.96. The fraction of sp³-hybridized carbons (Fsp3) is 0.615. The molecule has 0 bridgehead atoms. The number of nitrogens with zero attached hydrogens (tertiary/aromatic N) is 1. The van der Waals surface area contributed by atoms with Gasteiger partial charge in [0, 0.05) is 34.4 Å². The highest BCUT2D eigenvalue weighted by Gasteiger charge is 2.38. The molecule has 1 aliphatic carbocycles. The molecular formula is C13H19BrN2O. The lowest BCUT2D eigenvalue weighted by atomic mass is 9.68. The number of nitrogens with two attached hydrogens (primary N) is 1. The Morgan fingerprint density at radius 3 is 2.65 bits per heavy atom. The number of aromatic nitrogens is 1. The van der Waals surface area contributed by atoms with E-state index >= 15 is 0 Å². The smallest absolute Gasteiger partial charge is 0.0873 e. The van der Waals surface area contributed by atoms with Gasteiger partial charge in [0.1, 0.15) is 0 Å². The minimum Gasteiger partial charge on any atom is -0.388 e. The Bertz CT molecular complexity index is 377. The van der Waals surface area contributed by atoms with E-state index in [2.05, 4.69) is 20.9 Å². The molecule has 17 heavy (non-hydrogen) atoms. The summed E-state index contributed by atoms with van der Waals surface area (Å²) in [5.41, 5.74) is 6.64. The lowest BCUT2D eigenvalue weighted by Crippen LogP contribution is -2.38. The van der Waals surface area contributed by atoms with Crippen LogP contribution in [0.5, 0.6) is 0 Å². The van der Waals surface area contributed by atoms with Crippen LogP contribution >= 0.6 is 15.9 Å². The van der Waals surface area contributed by atoms with Gasteiger partial charge in [0.2, 0.25) is 0 Å². The molecule has 0 radical (unpaired) electrons. The van der Waals surface area contributed by atoms with Crippen molar-refractivity contribution in [3.05, 3.63) is 28.5 Å². The molecule has 0 saturated heterocycles. The van der Waals surface area contributed by atoms with E-state index in [1.165, 1.54) is 6.42 Å². The second-order valence-electron chi connectivity index (χ2n) is 4.97. The molecule has 4 heteroatoms. The van der Waals surface area contributed by atoms with Gasteiger partial charge < -0.3 is 10.8 Å². The molecule has 94 valence electrons. The third-order valence-electron chi connectivity index (χ3n) is 3.88. The predicted molar refractivity (Wildman–Crippen MR) is 71.5 cm³/mol. The maximum Gasteiger partial charge on any atom is 0.0873 e. The van der Waals surface area contributed by atoms with Gasteiger partial charge in [-0.1, -0.05) is 19.3 Å². The van der Waals surface area contributed by atoms with Gasteiger partial charge in [-0.3, -0.25) is 4.98 Å². The van der Waals surface area contributed by atoms with Crippen molar-refractivity contribution < 1.29 is 5.11 Å². The largest absolute Gasteiger partial charge is 0.388 e. The van der Waals surface area contributed by atoms with Crippen LogP contribution in [0.2, 0.25) is 0 Å². The third kappa shape index (κ3) is 2.69. The second kappa shape index (κ2) is 5.46. The molecule has 0 aliphatic heterocycles. The summed E-state index contributed by atoms with van der Waals surface area (Å²) in [6.07, 6.45) is 8.57. The molecule has 1 aliphatic rings. The average molecular weight is 299 g/mol. The zero-order valence-electron chi connectivity index (χ0n) is 9.90. The highest BCUT2D eigenvalue weighted by Crippen LogP contribution is 2.45. The lowest BCUT2D eigenvalue weighted by Gasteiger charge is -2.40. The van der Waals surface area contributed by atoms with Crippen molar-refractivity contribution in [2.75, 3.05) is 6.54 Å². The zero-order valence-corrected chi connectivity index (χ0v) is 11.5. The fourth-order valence-corrected chi connectivity index (χ4v) is 3.16. The molecule has 0 spiro atoms. The first-order chi connectivity index (χ1) is 8.18. The molecule has 1 atom stereocenters. The van der Waals surface area contributed by atoms with Crippen LogP contribution in [0.1, 0.15) is 43.8 Å². The predicted octanol–water partition coefficient (Wildman–Crippen LogP) is 2.79. The van der Waals surface area contributed by atoms with E-state index < -0.39 is 6.10 Å². The Labute approximate surface area is 111 Å². The Hall–Kier alpha value is -0.450. The molecule has 1 unspecified atom stereocenters. The third-order valence-corrected chi connectivity index (χ3v) is 4.31. The highest BCUT2D eigenvalue weighted by molar-refractivity contribution is 9.10. The molecule has 0 amide bonds. The molecule has 1 saturated carbocycles. The lowest BCUT2D eigenvalue weighted by molar-refractivity contribution is 0.000446. The second-order valence-corrected chi connectivity index (χ2v) is 5.88. The summed E-state index contributed by atoms with van der Waals surface area (Å²) in [7, 11) is 0. The van der Waals surface area contributed by atoms with Crippen molar-refractivity contribution in [2.24, 2.45) is 11.1 Å². The molecule has 1 aromatic heterocycles. The molecule has 1 fully saturated rings. The maximum atomic E-state index is 10.6. The Morgan fingerprint density at radius 2 is 2.06 bits per heavy atom. The van der Waals surface area contributed by atoms with Crippen molar-refractivity contribution >= 4 is 15.9 Å². The normalized spacial score (nSPS) is 21.1. The quantitative estimate of drug-likeness (QED) is 0.902. The summed E-state index contributed by atoms with van der Waals surface area (Å²) in [5, 5.41) is 10.6. The number of hydrogen-bond donors (Lipinski definition) is 2. The van der Waals surface area contributed by atoms with Crippen LogP contribution in [0, 0.1) is 5.41 Å². The first kappa shape index (κ1) is 13.0. The maximum absolute atomic E-state index is 10.6. The molecule has 3 N–H and O–H groups in total. The Morgan fingerprint density at radius 1 is 1.35 bits per heavy atom. The zero-order chi connectivity index (χ0) is 12.3. The minimum atomic E-state index is -0.502. The van der Waals surface area contributed by atoms with Crippen molar-refractivity contribution in [1.29, 1.82) is 0 Å². The van der Waals surface area contributed by atoms with Gasteiger partial charge in [-0.25, -0.2) is 0 Å². The van der Waals surface area contributed by atoms with E-state index in [4.69, 9.17) is 5.73 Å². The van der Waals surface area contributed by atoms with Crippen LogP contribution in [0.3, 0.4) is 0 Å². The number of hydrogen-bond acceptors (Lipinski definition) is 3. The summed E-state index contributed by atoms with van der Waals surface area (Å²) >= 11 is 3.39. The first-order valence-electron chi connectivity index (χ1n) is 6.16. The van der Waals surface area contributed by atoms with Crippen LogP contribution in [0.4, 0.5) is 0 Å². The number of pyridine rings is 1. The summed E-state index contributed by atoms with van der Waals surface area (Å²) < 4.78 is 0.900. The summed E-state index contributed by atoms with van der Waals surface area (Å²) in [6, 6.07) is 1.93. The monoisotopic (exact) mass is 298 g/mol. The van der Waals surface area contributed by atoms with E-state index in [0.29, 0.717) is 6.54 Å². The van der Waals surface area contributed by atoms with Crippen molar-refractivity contribution in [3.8, 4) is 0 Å². The van der Waals surface area contributed by atoms with E-state index in [1.54, 1.807) is 12.4 Å². The SMILES string of the molecule is NCC1(C(O)c2cncc(Br)c2)CCCCC1. The van der Waals surface area contributed by atoms with Gasteiger partial charge in [0.25, 0.3) is 0 Å². The molecule has 1 heterocycles. The summed E-state index contributed by atoms with van der Waals surface area (Å²) in [6.45, 7) is 0.542. The van der Waals surface area contributed by atoms with Gasteiger partial charge in [-0.05, 0) is 34.8 Å². The molecule has 3 nitrogen and oxygen atoms in total. The van der Waals surface area contributed by atoms with Crippen LogP contribution in [0.25, 0.3) is 0 Å².